The van der Waals surface area contributed by atoms with Gasteiger partial charge in [-0.1, -0.05) is 0 Å². The number of carbonyl (C=O) groups is 1. The number of fused-ring (bicyclic) bond motifs is 1. The fraction of sp³-hybridized carbons (Fsp3) is 0.571. The molecule has 0 unspecified atom stereocenters. The Morgan fingerprint density at radius 1 is 1.42 bits per heavy atom. The molecule has 0 saturated carbocycles. The van der Waals surface area contributed by atoms with E-state index in [1.54, 1.807) is 4.57 Å². The van der Waals surface area contributed by atoms with Crippen molar-refractivity contribution in [1.82, 2.24) is 19.5 Å². The van der Waals surface area contributed by atoms with E-state index in [4.69, 9.17) is 19.9 Å². The molecule has 0 amide bonds. The van der Waals surface area contributed by atoms with E-state index in [1.165, 1.54) is 27.5 Å². The number of anilines is 1. The second kappa shape index (κ2) is 7.88. The van der Waals surface area contributed by atoms with Gasteiger partial charge in [-0.15, -0.1) is 0 Å². The first-order chi connectivity index (χ1) is 11.4. The number of carbonyl (C=O) groups excluding carboxylic acids is 1. The minimum absolute atomic E-state index is 0.0115. The second-order valence-electron chi connectivity index (χ2n) is 5.33. The van der Waals surface area contributed by atoms with Gasteiger partial charge in [0, 0.05) is 40.0 Å². The molecule has 10 heteroatoms. The summed E-state index contributed by atoms with van der Waals surface area (Å²) in [6.07, 6.45) is 1.54. The number of hydrogen-bond donors (Lipinski definition) is 2. The number of aromatic nitrogens is 4. The van der Waals surface area contributed by atoms with Crippen LogP contribution in [0.3, 0.4) is 0 Å². The van der Waals surface area contributed by atoms with Gasteiger partial charge in [-0.05, 0) is 0 Å². The molecule has 0 aliphatic heterocycles. The van der Waals surface area contributed by atoms with Crippen molar-refractivity contribution in [3.05, 3.63) is 16.7 Å². The van der Waals surface area contributed by atoms with Crippen LogP contribution in [0.25, 0.3) is 11.2 Å². The third-order valence-electron chi connectivity index (χ3n) is 3.52. The number of methoxy groups -OCH3 is 2. The Morgan fingerprint density at radius 3 is 2.75 bits per heavy atom. The summed E-state index contributed by atoms with van der Waals surface area (Å²) in [5, 5.41) is 0. The maximum absolute atomic E-state index is 11.8. The van der Waals surface area contributed by atoms with E-state index < -0.39 is 11.8 Å². The molecule has 2 aromatic rings. The lowest BCUT2D eigenvalue weighted by atomic mass is 10.1. The molecule has 2 rings (SSSR count). The van der Waals surface area contributed by atoms with Crippen LogP contribution in [0, 0.1) is 5.92 Å². The highest BCUT2D eigenvalue weighted by atomic mass is 16.7. The Balaban J connectivity index is 2.24. The smallest absolute Gasteiger partial charge is 0.302 e. The SMILES string of the molecule is COC(C[C@@H](COC(C)=O)Cn1cnc2c(=O)[nH]c(N)nc21)OC. The van der Waals surface area contributed by atoms with E-state index >= 15 is 0 Å². The lowest BCUT2D eigenvalue weighted by Gasteiger charge is -2.22. The van der Waals surface area contributed by atoms with Gasteiger partial charge in [0.15, 0.2) is 17.5 Å². The van der Waals surface area contributed by atoms with Crippen LogP contribution in [0.2, 0.25) is 0 Å². The standard InChI is InChI=1S/C14H21N5O5/c1-8(20)24-6-9(4-10(22-2)23-3)5-19-7-16-11-12(19)17-14(15)18-13(11)21/h7,9-10H,4-6H2,1-3H3,(H3,15,17,18,21)/t9-/m1/s1. The molecule has 10 nitrogen and oxygen atoms in total. The Bertz CT molecular complexity index is 752. The molecule has 2 aromatic heterocycles. The topological polar surface area (TPSA) is 134 Å². The third kappa shape index (κ3) is 4.30. The van der Waals surface area contributed by atoms with E-state index in [1.807, 2.05) is 0 Å². The first-order valence-electron chi connectivity index (χ1n) is 7.34. The monoisotopic (exact) mass is 339 g/mol. The molecule has 24 heavy (non-hydrogen) atoms. The van der Waals surface area contributed by atoms with Gasteiger partial charge in [-0.3, -0.25) is 14.6 Å². The lowest BCUT2D eigenvalue weighted by Crippen LogP contribution is -2.25. The predicted molar refractivity (Wildman–Crippen MR) is 85.1 cm³/mol. The number of rotatable bonds is 8. The fourth-order valence-corrected chi connectivity index (χ4v) is 2.37. The number of nitrogens with zero attached hydrogens (tertiary/aromatic N) is 3. The fourth-order valence-electron chi connectivity index (χ4n) is 2.37. The van der Waals surface area contributed by atoms with Crippen molar-refractivity contribution in [2.24, 2.45) is 5.92 Å². The number of H-pyrrole nitrogens is 1. The quantitative estimate of drug-likeness (QED) is 0.502. The Morgan fingerprint density at radius 2 is 2.12 bits per heavy atom. The maximum atomic E-state index is 11.8. The van der Waals surface area contributed by atoms with Crippen molar-refractivity contribution >= 4 is 23.1 Å². The molecular weight excluding hydrogens is 318 g/mol. The van der Waals surface area contributed by atoms with Gasteiger partial charge in [-0.25, -0.2) is 4.98 Å². The number of imidazole rings is 1. The normalized spacial score (nSPS) is 12.7. The molecule has 0 bridgehead atoms. The predicted octanol–water partition coefficient (Wildman–Crippen LogP) is -0.110. The number of aromatic amines is 1. The van der Waals surface area contributed by atoms with Gasteiger partial charge >= 0.3 is 5.97 Å². The number of esters is 1. The van der Waals surface area contributed by atoms with E-state index in [0.29, 0.717) is 18.6 Å². The first-order valence-corrected chi connectivity index (χ1v) is 7.34. The molecule has 0 fully saturated rings. The zero-order valence-electron chi connectivity index (χ0n) is 13.8. The first kappa shape index (κ1) is 17.9. The van der Waals surface area contributed by atoms with Crippen molar-refractivity contribution in [2.75, 3.05) is 26.6 Å². The van der Waals surface area contributed by atoms with Gasteiger partial charge < -0.3 is 24.5 Å². The average molecular weight is 339 g/mol. The van der Waals surface area contributed by atoms with Gasteiger partial charge in [0.1, 0.15) is 0 Å². The van der Waals surface area contributed by atoms with Gasteiger partial charge in [0.25, 0.3) is 5.56 Å². The molecular formula is C14H21N5O5. The number of ether oxygens (including phenoxy) is 3. The summed E-state index contributed by atoms with van der Waals surface area (Å²) in [4.78, 5) is 33.5. The third-order valence-corrected chi connectivity index (χ3v) is 3.52. The molecule has 1 atom stereocenters. The van der Waals surface area contributed by atoms with Crippen molar-refractivity contribution in [3.63, 3.8) is 0 Å². The minimum atomic E-state index is -0.443. The summed E-state index contributed by atoms with van der Waals surface area (Å²) < 4.78 is 17.2. The van der Waals surface area contributed by atoms with Crippen LogP contribution < -0.4 is 11.3 Å². The summed E-state index contributed by atoms with van der Waals surface area (Å²) in [7, 11) is 3.07. The summed E-state index contributed by atoms with van der Waals surface area (Å²) in [6, 6.07) is 0. The summed E-state index contributed by atoms with van der Waals surface area (Å²) >= 11 is 0. The zero-order chi connectivity index (χ0) is 17.7. The number of hydrogen-bond acceptors (Lipinski definition) is 8. The zero-order valence-corrected chi connectivity index (χ0v) is 13.8. The van der Waals surface area contributed by atoms with Crippen LogP contribution >= 0.6 is 0 Å². The second-order valence-corrected chi connectivity index (χ2v) is 5.33. The Labute approximate surface area is 137 Å². The largest absolute Gasteiger partial charge is 0.466 e. The number of nitrogens with one attached hydrogen (secondary N) is 1. The molecule has 0 aliphatic rings. The summed E-state index contributed by atoms with van der Waals surface area (Å²) in [5.74, 6) is -0.489. The van der Waals surface area contributed by atoms with Crippen LogP contribution in [-0.2, 0) is 25.5 Å². The van der Waals surface area contributed by atoms with Crippen molar-refractivity contribution < 1.29 is 19.0 Å². The van der Waals surface area contributed by atoms with Crippen LogP contribution in [-0.4, -0.2) is 52.6 Å². The highest BCUT2D eigenvalue weighted by Gasteiger charge is 2.20. The van der Waals surface area contributed by atoms with Crippen molar-refractivity contribution in [2.45, 2.75) is 26.2 Å². The molecule has 2 heterocycles. The minimum Gasteiger partial charge on any atom is -0.466 e. The van der Waals surface area contributed by atoms with Gasteiger partial charge in [0.2, 0.25) is 5.95 Å². The Hall–Kier alpha value is -2.46. The van der Waals surface area contributed by atoms with Crippen LogP contribution in [0.1, 0.15) is 13.3 Å². The van der Waals surface area contributed by atoms with Crippen LogP contribution in [0.5, 0.6) is 0 Å². The molecule has 0 radical (unpaired) electrons. The highest BCUT2D eigenvalue weighted by molar-refractivity contribution is 5.70. The average Bonchev–Trinajstić information content (AvgIpc) is 2.92. The van der Waals surface area contributed by atoms with E-state index in [2.05, 4.69) is 15.0 Å². The van der Waals surface area contributed by atoms with Crippen LogP contribution in [0.4, 0.5) is 5.95 Å². The maximum Gasteiger partial charge on any atom is 0.302 e. The highest BCUT2D eigenvalue weighted by Crippen LogP contribution is 2.16. The molecule has 0 aliphatic carbocycles. The lowest BCUT2D eigenvalue weighted by molar-refractivity contribution is -0.146. The van der Waals surface area contributed by atoms with Gasteiger partial charge in [-0.2, -0.15) is 4.98 Å². The van der Waals surface area contributed by atoms with E-state index in [0.717, 1.165) is 0 Å². The van der Waals surface area contributed by atoms with Crippen molar-refractivity contribution in [3.8, 4) is 0 Å². The number of nitrogens with two attached hydrogens (primary N) is 1. The summed E-state index contributed by atoms with van der Waals surface area (Å²) in [5.41, 5.74) is 5.76. The van der Waals surface area contributed by atoms with Crippen LogP contribution in [0.15, 0.2) is 11.1 Å². The molecule has 132 valence electrons. The Kier molecular flexibility index (Phi) is 5.88. The van der Waals surface area contributed by atoms with Gasteiger partial charge in [0.05, 0.1) is 12.9 Å². The van der Waals surface area contributed by atoms with E-state index in [9.17, 15) is 9.59 Å². The van der Waals surface area contributed by atoms with E-state index in [-0.39, 0.29) is 30.0 Å². The van der Waals surface area contributed by atoms with Crippen molar-refractivity contribution in [1.29, 1.82) is 0 Å². The number of nitrogen functional groups attached to an aromatic ring is 1. The molecule has 3 N–H and O–H groups in total. The molecule has 0 spiro atoms. The molecule has 0 aromatic carbocycles. The molecule has 0 saturated heterocycles. The summed E-state index contributed by atoms with van der Waals surface area (Å²) in [6.45, 7) is 1.93.